The number of amides is 3. The van der Waals surface area contributed by atoms with Gasteiger partial charge in [-0.15, -0.1) is 0 Å². The standard InChI is InChI=1S/C29H28Cl2N6O3/c1-2-3-11-33-27(38)21-9-5-7-19(14-21)18-6-4-8-20(13-18)25-15-22(28(39)37-36-25)10-12-34-29(40)35-26-23(30)16-32-17-24(26)31/h4-9,13-17H,2-3,10-12H2,1H3,(H,33,38)(H,37,39)(H2,32,34,35,40). The molecule has 0 saturated heterocycles. The SMILES string of the molecule is CCCCNC(=O)c1cccc(-c2cccc(-c3cc(CCNC(=O)Nc4c(Cl)cncc4Cl)c(=O)[nH]n3)c2)c1. The van der Waals surface area contributed by atoms with Crippen LogP contribution in [0.5, 0.6) is 0 Å². The Balaban J connectivity index is 1.44. The third kappa shape index (κ3) is 7.46. The molecule has 0 unspecified atom stereocenters. The summed E-state index contributed by atoms with van der Waals surface area (Å²) in [4.78, 5) is 41.1. The van der Waals surface area contributed by atoms with Crippen molar-refractivity contribution in [2.75, 3.05) is 18.4 Å². The van der Waals surface area contributed by atoms with Crippen LogP contribution in [0.3, 0.4) is 0 Å². The maximum absolute atomic E-state index is 12.5. The van der Waals surface area contributed by atoms with Gasteiger partial charge in [0.25, 0.3) is 11.5 Å². The predicted molar refractivity (Wildman–Crippen MR) is 158 cm³/mol. The van der Waals surface area contributed by atoms with Crippen LogP contribution >= 0.6 is 23.2 Å². The zero-order valence-corrected chi connectivity index (χ0v) is 23.3. The number of anilines is 1. The van der Waals surface area contributed by atoms with Gasteiger partial charge in [0.2, 0.25) is 0 Å². The Morgan fingerprint density at radius 3 is 2.35 bits per heavy atom. The normalized spacial score (nSPS) is 10.7. The third-order valence-electron chi connectivity index (χ3n) is 6.08. The van der Waals surface area contributed by atoms with Crippen molar-refractivity contribution in [3.8, 4) is 22.4 Å². The second kappa shape index (κ2) is 13.7. The molecule has 11 heteroatoms. The average molecular weight is 579 g/mol. The summed E-state index contributed by atoms with van der Waals surface area (Å²) in [7, 11) is 0. The molecule has 2 aromatic carbocycles. The summed E-state index contributed by atoms with van der Waals surface area (Å²) in [5.41, 5.74) is 4.12. The fraction of sp³-hybridized carbons (Fsp3) is 0.207. The van der Waals surface area contributed by atoms with Crippen molar-refractivity contribution < 1.29 is 9.59 Å². The summed E-state index contributed by atoms with van der Waals surface area (Å²) in [6.45, 7) is 2.91. The molecule has 0 spiro atoms. The molecule has 0 aliphatic rings. The van der Waals surface area contributed by atoms with Crippen molar-refractivity contribution in [2.24, 2.45) is 0 Å². The zero-order valence-electron chi connectivity index (χ0n) is 21.8. The number of aromatic amines is 1. The maximum Gasteiger partial charge on any atom is 0.319 e. The molecule has 0 aliphatic carbocycles. The second-order valence-electron chi connectivity index (χ2n) is 8.99. The molecule has 4 aromatic rings. The van der Waals surface area contributed by atoms with Crippen LogP contribution in [0.1, 0.15) is 35.7 Å². The first-order valence-electron chi connectivity index (χ1n) is 12.8. The molecule has 2 aromatic heterocycles. The lowest BCUT2D eigenvalue weighted by atomic mass is 9.99. The Morgan fingerprint density at radius 1 is 0.900 bits per heavy atom. The molecular formula is C29H28Cl2N6O3. The molecule has 4 rings (SSSR count). The van der Waals surface area contributed by atoms with Gasteiger partial charge < -0.3 is 16.0 Å². The monoisotopic (exact) mass is 578 g/mol. The van der Waals surface area contributed by atoms with Gasteiger partial charge in [0.05, 0.1) is 21.4 Å². The molecule has 9 nitrogen and oxygen atoms in total. The number of hydrogen-bond acceptors (Lipinski definition) is 5. The molecule has 0 fully saturated rings. The molecule has 0 atom stereocenters. The summed E-state index contributed by atoms with van der Waals surface area (Å²) in [6, 6.07) is 16.3. The van der Waals surface area contributed by atoms with E-state index in [1.54, 1.807) is 12.1 Å². The van der Waals surface area contributed by atoms with Crippen molar-refractivity contribution in [3.63, 3.8) is 0 Å². The van der Waals surface area contributed by atoms with Gasteiger partial charge in [0.15, 0.2) is 0 Å². The summed E-state index contributed by atoms with van der Waals surface area (Å²) < 4.78 is 0. The van der Waals surface area contributed by atoms with Crippen LogP contribution in [0, 0.1) is 0 Å². The van der Waals surface area contributed by atoms with Crippen LogP contribution in [0.25, 0.3) is 22.4 Å². The fourth-order valence-corrected chi connectivity index (χ4v) is 4.42. The van der Waals surface area contributed by atoms with E-state index in [1.807, 2.05) is 42.5 Å². The first-order chi connectivity index (χ1) is 19.4. The second-order valence-corrected chi connectivity index (χ2v) is 9.80. The summed E-state index contributed by atoms with van der Waals surface area (Å²) in [5.74, 6) is -0.104. The molecule has 0 saturated carbocycles. The Labute approximate surface area is 241 Å². The van der Waals surface area contributed by atoms with Crippen LogP contribution < -0.4 is 21.5 Å². The number of urea groups is 1. The maximum atomic E-state index is 12.5. The van der Waals surface area contributed by atoms with E-state index in [1.165, 1.54) is 12.4 Å². The number of unbranched alkanes of at least 4 members (excludes halogenated alkanes) is 1. The first kappa shape index (κ1) is 28.8. The van der Waals surface area contributed by atoms with Crippen molar-refractivity contribution in [1.82, 2.24) is 25.8 Å². The lowest BCUT2D eigenvalue weighted by molar-refractivity contribution is 0.0953. The number of benzene rings is 2. The molecule has 3 amide bonds. The number of rotatable bonds is 10. The number of hydrogen-bond donors (Lipinski definition) is 4. The minimum Gasteiger partial charge on any atom is -0.352 e. The van der Waals surface area contributed by atoms with Crippen molar-refractivity contribution in [3.05, 3.63) is 98.5 Å². The minimum atomic E-state index is -0.519. The van der Waals surface area contributed by atoms with E-state index in [9.17, 15) is 14.4 Å². The predicted octanol–water partition coefficient (Wildman–Crippen LogP) is 5.70. The number of carbonyl (C=O) groups excluding carboxylic acids is 2. The number of nitrogens with zero attached hydrogens (tertiary/aromatic N) is 2. The van der Waals surface area contributed by atoms with Gasteiger partial charge in [-0.2, -0.15) is 5.10 Å². The van der Waals surface area contributed by atoms with E-state index in [-0.39, 0.29) is 40.2 Å². The average Bonchev–Trinajstić information content (AvgIpc) is 2.96. The van der Waals surface area contributed by atoms with Gasteiger partial charge in [-0.1, -0.05) is 66.9 Å². The highest BCUT2D eigenvalue weighted by atomic mass is 35.5. The van der Waals surface area contributed by atoms with Crippen molar-refractivity contribution >= 4 is 40.8 Å². The Kier molecular flexibility index (Phi) is 9.88. The van der Waals surface area contributed by atoms with Crippen LogP contribution in [-0.4, -0.2) is 40.2 Å². The first-order valence-corrected chi connectivity index (χ1v) is 13.5. The third-order valence-corrected chi connectivity index (χ3v) is 6.66. The summed E-state index contributed by atoms with van der Waals surface area (Å²) in [5, 5.41) is 15.4. The van der Waals surface area contributed by atoms with Gasteiger partial charge in [0, 0.05) is 42.2 Å². The molecular weight excluding hydrogens is 551 g/mol. The topological polar surface area (TPSA) is 129 Å². The zero-order chi connectivity index (χ0) is 28.5. The molecule has 4 N–H and O–H groups in total. The molecule has 0 aliphatic heterocycles. The minimum absolute atomic E-state index is 0.104. The van der Waals surface area contributed by atoms with Gasteiger partial charge in [-0.25, -0.2) is 9.89 Å². The Hall–Kier alpha value is -4.21. The van der Waals surface area contributed by atoms with Crippen LogP contribution in [-0.2, 0) is 6.42 Å². The van der Waals surface area contributed by atoms with Gasteiger partial charge in [-0.3, -0.25) is 14.6 Å². The van der Waals surface area contributed by atoms with Crippen molar-refractivity contribution in [2.45, 2.75) is 26.2 Å². The van der Waals surface area contributed by atoms with Crippen molar-refractivity contribution in [1.29, 1.82) is 0 Å². The van der Waals surface area contributed by atoms with Crippen LogP contribution in [0.15, 0.2) is 71.8 Å². The molecule has 40 heavy (non-hydrogen) atoms. The van der Waals surface area contributed by atoms with E-state index in [0.717, 1.165) is 29.5 Å². The highest BCUT2D eigenvalue weighted by Crippen LogP contribution is 2.28. The Morgan fingerprint density at radius 2 is 1.60 bits per heavy atom. The molecule has 0 bridgehead atoms. The van der Waals surface area contributed by atoms with E-state index in [0.29, 0.717) is 23.4 Å². The fourth-order valence-electron chi connectivity index (χ4n) is 3.96. The lowest BCUT2D eigenvalue weighted by Crippen LogP contribution is -2.31. The highest BCUT2D eigenvalue weighted by Gasteiger charge is 2.12. The molecule has 2 heterocycles. The largest absolute Gasteiger partial charge is 0.352 e. The lowest BCUT2D eigenvalue weighted by Gasteiger charge is -2.10. The highest BCUT2D eigenvalue weighted by molar-refractivity contribution is 6.39. The van der Waals surface area contributed by atoms with E-state index in [2.05, 4.69) is 38.1 Å². The molecule has 0 radical (unpaired) electrons. The van der Waals surface area contributed by atoms with Gasteiger partial charge in [-0.05, 0) is 48.2 Å². The number of aromatic nitrogens is 3. The van der Waals surface area contributed by atoms with E-state index >= 15 is 0 Å². The van der Waals surface area contributed by atoms with Crippen LogP contribution in [0.4, 0.5) is 10.5 Å². The smallest absolute Gasteiger partial charge is 0.319 e. The summed E-state index contributed by atoms with van der Waals surface area (Å²) in [6.07, 6.45) is 4.96. The number of pyridine rings is 1. The number of halogens is 2. The van der Waals surface area contributed by atoms with E-state index < -0.39 is 6.03 Å². The van der Waals surface area contributed by atoms with E-state index in [4.69, 9.17) is 23.2 Å². The van der Waals surface area contributed by atoms with Crippen LogP contribution in [0.2, 0.25) is 10.0 Å². The Bertz CT molecular complexity index is 1550. The number of H-pyrrole nitrogens is 1. The van der Waals surface area contributed by atoms with Gasteiger partial charge in [0.1, 0.15) is 0 Å². The quantitative estimate of drug-likeness (QED) is 0.179. The summed E-state index contributed by atoms with van der Waals surface area (Å²) >= 11 is 12.1. The van der Waals surface area contributed by atoms with Gasteiger partial charge >= 0.3 is 6.03 Å². The number of nitrogens with one attached hydrogen (secondary N) is 4. The molecule has 206 valence electrons. The number of carbonyl (C=O) groups is 2.